The second-order valence-corrected chi connectivity index (χ2v) is 7.82. The number of nitrogens with one attached hydrogen (secondary N) is 1. The molecule has 0 radical (unpaired) electrons. The van der Waals surface area contributed by atoms with Crippen molar-refractivity contribution in [2.24, 2.45) is 0 Å². The Kier molecular flexibility index (Phi) is 5.28. The Morgan fingerprint density at radius 2 is 2.08 bits per heavy atom. The van der Waals surface area contributed by atoms with Gasteiger partial charge in [-0.3, -0.25) is 9.69 Å². The van der Waals surface area contributed by atoms with Gasteiger partial charge in [0.05, 0.1) is 5.01 Å². The predicted octanol–water partition coefficient (Wildman–Crippen LogP) is 1.99. The van der Waals surface area contributed by atoms with E-state index in [1.807, 2.05) is 11.0 Å². The predicted molar refractivity (Wildman–Crippen MR) is 100 cm³/mol. The van der Waals surface area contributed by atoms with Gasteiger partial charge in [0.2, 0.25) is 0 Å². The second kappa shape index (κ2) is 7.82. The molecule has 1 aromatic carbocycles. The number of hydrogen-bond donors (Lipinski definition) is 1. The number of carbonyl (C=O) groups excluding carboxylic acids is 1. The molecule has 3 heterocycles. The fourth-order valence-corrected chi connectivity index (χ4v) is 4.52. The standard InChI is InChI=1S/C19H23FN4OS/c20-16-4-2-1-3-14(16)11-18-22-17(13-26-18)19(25)24-8-5-15(12-24)23-9-6-21-7-10-23/h1-4,13,15,21H,5-12H2. The third-order valence-electron chi connectivity index (χ3n) is 5.19. The van der Waals surface area contributed by atoms with Crippen LogP contribution in [0.3, 0.4) is 0 Å². The molecule has 26 heavy (non-hydrogen) atoms. The molecule has 0 bridgehead atoms. The molecule has 1 N–H and O–H groups in total. The average Bonchev–Trinajstić information content (AvgIpc) is 3.34. The lowest BCUT2D eigenvalue weighted by molar-refractivity contribution is 0.0768. The first-order valence-electron chi connectivity index (χ1n) is 9.12. The number of rotatable bonds is 4. The van der Waals surface area contributed by atoms with Crippen molar-refractivity contribution in [1.82, 2.24) is 20.1 Å². The molecule has 1 aromatic heterocycles. The van der Waals surface area contributed by atoms with Crippen LogP contribution in [0.5, 0.6) is 0 Å². The Bertz CT molecular complexity index is 774. The number of thiazole rings is 1. The summed E-state index contributed by atoms with van der Waals surface area (Å²) in [6.45, 7) is 5.71. The number of halogens is 1. The molecule has 0 saturated carbocycles. The second-order valence-electron chi connectivity index (χ2n) is 6.87. The van der Waals surface area contributed by atoms with Crippen molar-refractivity contribution in [3.8, 4) is 0 Å². The zero-order valence-corrected chi connectivity index (χ0v) is 15.5. The summed E-state index contributed by atoms with van der Waals surface area (Å²) in [6.07, 6.45) is 1.45. The van der Waals surface area contributed by atoms with E-state index in [0.717, 1.165) is 50.7 Å². The van der Waals surface area contributed by atoms with Gasteiger partial charge in [-0.1, -0.05) is 18.2 Å². The zero-order valence-electron chi connectivity index (χ0n) is 14.7. The summed E-state index contributed by atoms with van der Waals surface area (Å²) in [5.41, 5.74) is 1.10. The summed E-state index contributed by atoms with van der Waals surface area (Å²) in [5, 5.41) is 5.94. The summed E-state index contributed by atoms with van der Waals surface area (Å²) in [4.78, 5) is 21.6. The van der Waals surface area contributed by atoms with Crippen molar-refractivity contribution in [2.45, 2.75) is 18.9 Å². The summed E-state index contributed by atoms with van der Waals surface area (Å²) in [7, 11) is 0. The fourth-order valence-electron chi connectivity index (χ4n) is 3.73. The lowest BCUT2D eigenvalue weighted by Gasteiger charge is -2.32. The van der Waals surface area contributed by atoms with E-state index in [4.69, 9.17) is 0 Å². The van der Waals surface area contributed by atoms with E-state index in [2.05, 4.69) is 15.2 Å². The van der Waals surface area contributed by atoms with E-state index >= 15 is 0 Å². The Labute approximate surface area is 156 Å². The lowest BCUT2D eigenvalue weighted by Crippen LogP contribution is -2.49. The summed E-state index contributed by atoms with van der Waals surface area (Å²) in [6, 6.07) is 7.17. The molecule has 5 nitrogen and oxygen atoms in total. The average molecular weight is 374 g/mol. The molecule has 7 heteroatoms. The van der Waals surface area contributed by atoms with Crippen molar-refractivity contribution >= 4 is 17.2 Å². The quantitative estimate of drug-likeness (QED) is 0.889. The molecule has 2 aromatic rings. The van der Waals surface area contributed by atoms with Gasteiger partial charge in [-0.2, -0.15) is 0 Å². The van der Waals surface area contributed by atoms with E-state index in [9.17, 15) is 9.18 Å². The van der Waals surface area contributed by atoms with E-state index in [1.165, 1.54) is 17.4 Å². The van der Waals surface area contributed by atoms with Gasteiger partial charge < -0.3 is 10.2 Å². The van der Waals surface area contributed by atoms with Gasteiger partial charge >= 0.3 is 0 Å². The highest BCUT2D eigenvalue weighted by Gasteiger charge is 2.32. The van der Waals surface area contributed by atoms with Gasteiger partial charge in [-0.05, 0) is 18.1 Å². The van der Waals surface area contributed by atoms with Crippen LogP contribution in [0.2, 0.25) is 0 Å². The number of benzene rings is 1. The molecule has 2 saturated heterocycles. The van der Waals surface area contributed by atoms with Gasteiger partial charge in [0.15, 0.2) is 0 Å². The minimum Gasteiger partial charge on any atom is -0.336 e. The number of nitrogens with zero attached hydrogens (tertiary/aromatic N) is 3. The molecule has 1 unspecified atom stereocenters. The Balaban J connectivity index is 1.38. The third kappa shape index (κ3) is 3.79. The van der Waals surface area contributed by atoms with Crippen molar-refractivity contribution in [2.75, 3.05) is 39.3 Å². The first-order valence-corrected chi connectivity index (χ1v) is 10.0. The number of aromatic nitrogens is 1. The maximum absolute atomic E-state index is 13.8. The van der Waals surface area contributed by atoms with Crippen LogP contribution >= 0.6 is 11.3 Å². The van der Waals surface area contributed by atoms with Crippen molar-refractivity contribution in [3.63, 3.8) is 0 Å². The summed E-state index contributed by atoms with van der Waals surface area (Å²) in [5.74, 6) is -0.229. The van der Waals surface area contributed by atoms with Crippen molar-refractivity contribution < 1.29 is 9.18 Å². The van der Waals surface area contributed by atoms with Crippen LogP contribution in [0.1, 0.15) is 27.5 Å². The highest BCUT2D eigenvalue weighted by Crippen LogP contribution is 2.21. The summed E-state index contributed by atoms with van der Waals surface area (Å²) >= 11 is 1.43. The molecular formula is C19H23FN4OS. The van der Waals surface area contributed by atoms with Gasteiger partial charge in [0.1, 0.15) is 11.5 Å². The smallest absolute Gasteiger partial charge is 0.273 e. The third-order valence-corrected chi connectivity index (χ3v) is 6.04. The normalized spacial score (nSPS) is 21.3. The summed E-state index contributed by atoms with van der Waals surface area (Å²) < 4.78 is 13.8. The van der Waals surface area contributed by atoms with Crippen molar-refractivity contribution in [1.29, 1.82) is 0 Å². The van der Waals surface area contributed by atoms with Crippen LogP contribution in [0.25, 0.3) is 0 Å². The monoisotopic (exact) mass is 374 g/mol. The molecule has 2 fully saturated rings. The minimum absolute atomic E-state index is 0.00123. The van der Waals surface area contributed by atoms with Gasteiger partial charge in [-0.15, -0.1) is 11.3 Å². The Morgan fingerprint density at radius 1 is 1.27 bits per heavy atom. The SMILES string of the molecule is O=C(c1csc(Cc2ccccc2F)n1)N1CCC(N2CCNCC2)C1. The number of carbonyl (C=O) groups is 1. The van der Waals surface area contributed by atoms with E-state index in [0.29, 0.717) is 23.7 Å². The molecule has 138 valence electrons. The Morgan fingerprint density at radius 3 is 2.88 bits per heavy atom. The maximum atomic E-state index is 13.8. The highest BCUT2D eigenvalue weighted by molar-refractivity contribution is 7.09. The topological polar surface area (TPSA) is 48.5 Å². The molecule has 2 aliphatic heterocycles. The van der Waals surface area contributed by atoms with Crippen LogP contribution in [-0.2, 0) is 6.42 Å². The van der Waals surface area contributed by atoms with Crippen LogP contribution in [0, 0.1) is 5.82 Å². The first kappa shape index (κ1) is 17.6. The molecule has 0 aliphatic carbocycles. The molecule has 1 amide bonds. The van der Waals surface area contributed by atoms with Crippen LogP contribution in [0.15, 0.2) is 29.6 Å². The van der Waals surface area contributed by atoms with E-state index in [-0.39, 0.29) is 11.7 Å². The minimum atomic E-state index is -0.228. The molecular weight excluding hydrogens is 351 g/mol. The first-order chi connectivity index (χ1) is 12.7. The molecule has 1 atom stereocenters. The number of amides is 1. The maximum Gasteiger partial charge on any atom is 0.273 e. The number of piperazine rings is 1. The van der Waals surface area contributed by atoms with Crippen molar-refractivity contribution in [3.05, 3.63) is 51.7 Å². The molecule has 2 aliphatic rings. The van der Waals surface area contributed by atoms with Crippen LogP contribution in [-0.4, -0.2) is 66.0 Å². The van der Waals surface area contributed by atoms with Crippen LogP contribution < -0.4 is 5.32 Å². The fraction of sp³-hybridized carbons (Fsp3) is 0.474. The Hall–Kier alpha value is -1.83. The van der Waals surface area contributed by atoms with E-state index in [1.54, 1.807) is 17.5 Å². The largest absolute Gasteiger partial charge is 0.336 e. The zero-order chi connectivity index (χ0) is 17.9. The highest BCUT2D eigenvalue weighted by atomic mass is 32.1. The number of likely N-dealkylation sites (tertiary alicyclic amines) is 1. The lowest BCUT2D eigenvalue weighted by atomic mass is 10.1. The van der Waals surface area contributed by atoms with Crippen LogP contribution in [0.4, 0.5) is 4.39 Å². The van der Waals surface area contributed by atoms with Gasteiger partial charge in [0.25, 0.3) is 5.91 Å². The van der Waals surface area contributed by atoms with Gasteiger partial charge in [0, 0.05) is 57.1 Å². The van der Waals surface area contributed by atoms with E-state index < -0.39 is 0 Å². The molecule has 0 spiro atoms. The molecule has 4 rings (SSSR count). The number of hydrogen-bond acceptors (Lipinski definition) is 5. The van der Waals surface area contributed by atoms with Gasteiger partial charge in [-0.25, -0.2) is 9.37 Å².